The average Bonchev–Trinajstić information content (AvgIpc) is 3.72. The molecule has 64 heavy (non-hydrogen) atoms. The molecule has 0 saturated heterocycles. The first-order valence-electron chi connectivity index (χ1n) is 22.3. The number of hydrogen-bond acceptors (Lipinski definition) is 3. The van der Waals surface area contributed by atoms with Crippen LogP contribution in [0, 0.1) is 0 Å². The summed E-state index contributed by atoms with van der Waals surface area (Å²) < 4.78 is 0. The molecule has 0 bridgehead atoms. The molecule has 9 aromatic carbocycles. The third-order valence-corrected chi connectivity index (χ3v) is 18.6. The third kappa shape index (κ3) is 5.24. The minimum Gasteiger partial charge on any atom is -0.0881 e. The summed E-state index contributed by atoms with van der Waals surface area (Å²) in [6.07, 6.45) is 0. The van der Waals surface area contributed by atoms with E-state index in [-0.39, 0.29) is 10.8 Å². The lowest BCUT2D eigenvalue weighted by atomic mass is 9.64. The van der Waals surface area contributed by atoms with Crippen molar-refractivity contribution < 1.29 is 0 Å². The fourth-order valence-corrected chi connectivity index (χ4v) is 15.7. The fourth-order valence-electron chi connectivity index (χ4n) is 11.7. The van der Waals surface area contributed by atoms with Crippen LogP contribution in [-0.4, -0.2) is 0 Å². The Hall–Kier alpha value is -5.97. The molecule has 0 aromatic heterocycles. The lowest BCUT2D eigenvalue weighted by Crippen LogP contribution is -2.34. The summed E-state index contributed by atoms with van der Waals surface area (Å²) in [7, 11) is 0. The SMILES string of the molecule is CC1(C)c2ccccc2-c2c1ccc1c2Sc2c(cccc2-c2cccc(-c3cccc4c3Sc3c(ccc5c3-c3ccccc3C5(C)C)C4(c3ccccc3)c3ccccc3)c2)S1. The van der Waals surface area contributed by atoms with Crippen LogP contribution in [0.4, 0.5) is 0 Å². The Labute approximate surface area is 389 Å². The van der Waals surface area contributed by atoms with Gasteiger partial charge in [0.1, 0.15) is 0 Å². The largest absolute Gasteiger partial charge is 0.0881 e. The van der Waals surface area contributed by atoms with Crippen molar-refractivity contribution in [3.05, 3.63) is 239 Å². The first-order chi connectivity index (χ1) is 31.3. The Kier molecular flexibility index (Phi) is 8.43. The molecule has 4 aliphatic rings. The van der Waals surface area contributed by atoms with Crippen LogP contribution in [0.1, 0.15) is 72.2 Å². The molecule has 0 atom stereocenters. The second-order valence-corrected chi connectivity index (χ2v) is 21.8. The Morgan fingerprint density at radius 3 is 1.38 bits per heavy atom. The van der Waals surface area contributed by atoms with Crippen LogP contribution in [0.15, 0.2) is 223 Å². The van der Waals surface area contributed by atoms with Gasteiger partial charge in [0.2, 0.25) is 0 Å². The third-order valence-electron chi connectivity index (χ3n) is 14.7. The zero-order chi connectivity index (χ0) is 43.0. The van der Waals surface area contributed by atoms with Crippen LogP contribution in [-0.2, 0) is 16.2 Å². The topological polar surface area (TPSA) is 0 Å². The van der Waals surface area contributed by atoms with Crippen molar-refractivity contribution in [3.63, 3.8) is 0 Å². The molecule has 0 fully saturated rings. The van der Waals surface area contributed by atoms with Gasteiger partial charge in [-0.1, -0.05) is 239 Å². The van der Waals surface area contributed by atoms with Gasteiger partial charge in [0, 0.05) is 51.3 Å². The van der Waals surface area contributed by atoms with Gasteiger partial charge < -0.3 is 0 Å². The number of rotatable bonds is 4. The highest BCUT2D eigenvalue weighted by molar-refractivity contribution is 8.05. The lowest BCUT2D eigenvalue weighted by Gasteiger charge is -2.43. The van der Waals surface area contributed by atoms with Gasteiger partial charge in [-0.25, -0.2) is 0 Å². The summed E-state index contributed by atoms with van der Waals surface area (Å²) in [4.78, 5) is 8.08. The molecule has 2 aliphatic heterocycles. The molecule has 0 saturated carbocycles. The van der Waals surface area contributed by atoms with Crippen molar-refractivity contribution in [2.24, 2.45) is 0 Å². The van der Waals surface area contributed by atoms with Gasteiger partial charge in [-0.05, 0) is 96.1 Å². The van der Waals surface area contributed by atoms with Crippen LogP contribution in [0.2, 0.25) is 0 Å². The average molecular weight is 873 g/mol. The van der Waals surface area contributed by atoms with E-state index in [9.17, 15) is 0 Å². The van der Waals surface area contributed by atoms with E-state index in [1.807, 2.05) is 35.3 Å². The molecular formula is C61H44S3. The normalized spacial score (nSPS) is 16.0. The zero-order valence-electron chi connectivity index (χ0n) is 36.2. The maximum Gasteiger partial charge on any atom is 0.0723 e. The Morgan fingerprint density at radius 1 is 0.297 bits per heavy atom. The van der Waals surface area contributed by atoms with Gasteiger partial charge >= 0.3 is 0 Å². The van der Waals surface area contributed by atoms with Gasteiger partial charge in [0.15, 0.2) is 0 Å². The van der Waals surface area contributed by atoms with Crippen molar-refractivity contribution in [1.82, 2.24) is 0 Å². The summed E-state index contributed by atoms with van der Waals surface area (Å²) in [5, 5.41) is 0. The summed E-state index contributed by atoms with van der Waals surface area (Å²) in [5.41, 5.74) is 20.8. The summed E-state index contributed by atoms with van der Waals surface area (Å²) in [6, 6.07) is 73.6. The predicted molar refractivity (Wildman–Crippen MR) is 270 cm³/mol. The highest BCUT2D eigenvalue weighted by Crippen LogP contribution is 2.64. The first-order valence-corrected chi connectivity index (χ1v) is 24.8. The van der Waals surface area contributed by atoms with E-state index in [0.717, 1.165) is 0 Å². The molecule has 0 spiro atoms. The summed E-state index contributed by atoms with van der Waals surface area (Å²) >= 11 is 5.87. The molecule has 0 N–H and O–H groups in total. The molecule has 2 heterocycles. The van der Waals surface area contributed by atoms with E-state index in [4.69, 9.17) is 0 Å². The highest BCUT2D eigenvalue weighted by Gasteiger charge is 2.48. The Bertz CT molecular complexity index is 3370. The maximum absolute atomic E-state index is 2.46. The molecule has 0 unspecified atom stereocenters. The van der Waals surface area contributed by atoms with E-state index in [1.165, 1.54) is 118 Å². The van der Waals surface area contributed by atoms with Gasteiger partial charge in [-0.3, -0.25) is 0 Å². The van der Waals surface area contributed by atoms with E-state index >= 15 is 0 Å². The second-order valence-electron chi connectivity index (χ2n) is 18.7. The van der Waals surface area contributed by atoms with Gasteiger partial charge in [0.05, 0.1) is 5.41 Å². The Morgan fingerprint density at radius 2 is 0.734 bits per heavy atom. The quantitative estimate of drug-likeness (QED) is 0.173. The minimum absolute atomic E-state index is 0.0358. The standard InChI is InChI=1S/C61H44S3/c1-59(2)45-28-13-11-24-43(45)53-47(59)32-33-50-57(53)63-55-41(26-16-30-49(55)61(50,39-20-7-5-8-21-39)40-22-9-6-10-23-40)37-18-15-19-38(36-37)42-27-17-31-51-56(42)64-58-52(62-51)35-34-48-54(58)44-25-12-14-29-46(44)60(48,3)4/h5-36H,1-4H3. The van der Waals surface area contributed by atoms with Crippen LogP contribution in [0.3, 0.4) is 0 Å². The van der Waals surface area contributed by atoms with Crippen molar-refractivity contribution >= 4 is 35.3 Å². The van der Waals surface area contributed by atoms with Gasteiger partial charge in [0.25, 0.3) is 0 Å². The molecular weight excluding hydrogens is 829 g/mol. The van der Waals surface area contributed by atoms with Crippen LogP contribution in [0.25, 0.3) is 44.5 Å². The van der Waals surface area contributed by atoms with Crippen molar-refractivity contribution in [2.75, 3.05) is 0 Å². The number of benzene rings is 9. The summed E-state index contributed by atoms with van der Waals surface area (Å²) in [6.45, 7) is 9.56. The first kappa shape index (κ1) is 38.5. The molecule has 13 rings (SSSR count). The molecule has 0 radical (unpaired) electrons. The lowest BCUT2D eigenvalue weighted by molar-refractivity contribution is 0.655. The molecule has 0 amide bonds. The maximum atomic E-state index is 2.46. The monoisotopic (exact) mass is 872 g/mol. The van der Waals surface area contributed by atoms with E-state index in [2.05, 4.69) is 222 Å². The van der Waals surface area contributed by atoms with Crippen LogP contribution in [0.5, 0.6) is 0 Å². The van der Waals surface area contributed by atoms with Crippen molar-refractivity contribution in [3.8, 4) is 44.5 Å². The molecule has 9 aromatic rings. The molecule has 306 valence electrons. The number of hydrogen-bond donors (Lipinski definition) is 0. The van der Waals surface area contributed by atoms with E-state index in [1.54, 1.807) is 0 Å². The molecule has 2 aliphatic carbocycles. The fraction of sp³-hybridized carbons (Fsp3) is 0.115. The smallest absolute Gasteiger partial charge is 0.0723 e. The molecule has 3 heteroatoms. The van der Waals surface area contributed by atoms with Gasteiger partial charge in [-0.2, -0.15) is 0 Å². The van der Waals surface area contributed by atoms with Crippen LogP contribution >= 0.6 is 35.3 Å². The molecule has 0 nitrogen and oxygen atoms in total. The second kappa shape index (κ2) is 14.0. The zero-order valence-corrected chi connectivity index (χ0v) is 38.6. The highest BCUT2D eigenvalue weighted by atomic mass is 32.2. The minimum atomic E-state index is -0.546. The Balaban J connectivity index is 1.01. The predicted octanol–water partition coefficient (Wildman–Crippen LogP) is 17.1. The number of fused-ring (bicyclic) bond motifs is 12. The van der Waals surface area contributed by atoms with Crippen molar-refractivity contribution in [2.45, 2.75) is 73.3 Å². The van der Waals surface area contributed by atoms with E-state index in [0.29, 0.717) is 0 Å². The summed E-state index contributed by atoms with van der Waals surface area (Å²) in [5.74, 6) is 0. The van der Waals surface area contributed by atoms with Gasteiger partial charge in [-0.15, -0.1) is 0 Å². The van der Waals surface area contributed by atoms with Crippen LogP contribution < -0.4 is 0 Å². The van der Waals surface area contributed by atoms with E-state index < -0.39 is 5.41 Å². The van der Waals surface area contributed by atoms with Crippen molar-refractivity contribution in [1.29, 1.82) is 0 Å².